The molecule has 2 aromatic rings. The van der Waals surface area contributed by atoms with Gasteiger partial charge in [0.25, 0.3) is 5.91 Å². The summed E-state index contributed by atoms with van der Waals surface area (Å²) in [5, 5.41) is 2.84. The molecule has 2 aliphatic rings. The topological polar surface area (TPSA) is 93.7 Å². The molecule has 2 aromatic carbocycles. The standard InChI is InChI=1S/C19H18Cl2N2O5S/c1-10(11-2-5-16-17(6-11)28-9-27-16)22-19(24)13-7-18(15(21)8-14(13)20)29(25,26)23-12-3-4-12/h2,5-8,10,12,23H,3-4,9H2,1H3,(H,22,24). The first kappa shape index (κ1) is 20.3. The zero-order chi connectivity index (χ0) is 20.8. The maximum absolute atomic E-state index is 12.8. The van der Waals surface area contributed by atoms with Crippen LogP contribution in [0.4, 0.5) is 0 Å². The van der Waals surface area contributed by atoms with Crippen LogP contribution in [0.3, 0.4) is 0 Å². The first-order valence-electron chi connectivity index (χ1n) is 8.96. The number of halogens is 2. The Balaban J connectivity index is 1.57. The van der Waals surface area contributed by atoms with Crippen LogP contribution in [0.25, 0.3) is 0 Å². The Labute approximate surface area is 178 Å². The monoisotopic (exact) mass is 456 g/mol. The molecule has 1 saturated carbocycles. The van der Waals surface area contributed by atoms with Crippen LogP contribution in [0, 0.1) is 0 Å². The van der Waals surface area contributed by atoms with E-state index in [0.29, 0.717) is 11.5 Å². The van der Waals surface area contributed by atoms with Crippen molar-refractivity contribution in [2.24, 2.45) is 0 Å². The minimum Gasteiger partial charge on any atom is -0.454 e. The van der Waals surface area contributed by atoms with Crippen molar-refractivity contribution >= 4 is 39.1 Å². The second kappa shape index (κ2) is 7.68. The summed E-state index contributed by atoms with van der Waals surface area (Å²) in [6, 6.07) is 7.37. The van der Waals surface area contributed by atoms with E-state index in [0.717, 1.165) is 18.4 Å². The Morgan fingerprint density at radius 1 is 1.10 bits per heavy atom. The van der Waals surface area contributed by atoms with E-state index >= 15 is 0 Å². The number of hydrogen-bond donors (Lipinski definition) is 2. The van der Waals surface area contributed by atoms with Crippen molar-refractivity contribution in [3.63, 3.8) is 0 Å². The molecule has 1 aliphatic heterocycles. The predicted octanol–water partition coefficient (Wildman–Crippen LogP) is 3.65. The smallest absolute Gasteiger partial charge is 0.253 e. The Hall–Kier alpha value is -2.00. The van der Waals surface area contributed by atoms with Crippen LogP contribution in [-0.2, 0) is 10.0 Å². The molecule has 1 atom stereocenters. The molecule has 0 bridgehead atoms. The van der Waals surface area contributed by atoms with Gasteiger partial charge in [0.2, 0.25) is 16.8 Å². The van der Waals surface area contributed by atoms with Gasteiger partial charge in [0.1, 0.15) is 4.90 Å². The molecular weight excluding hydrogens is 439 g/mol. The summed E-state index contributed by atoms with van der Waals surface area (Å²) in [7, 11) is -3.84. The molecule has 1 fully saturated rings. The molecule has 29 heavy (non-hydrogen) atoms. The van der Waals surface area contributed by atoms with Gasteiger partial charge in [0, 0.05) is 6.04 Å². The quantitative estimate of drug-likeness (QED) is 0.691. The minimum atomic E-state index is -3.84. The highest BCUT2D eigenvalue weighted by Gasteiger charge is 2.30. The summed E-state index contributed by atoms with van der Waals surface area (Å²) in [6.45, 7) is 1.96. The van der Waals surface area contributed by atoms with Gasteiger partial charge in [-0.2, -0.15) is 0 Å². The number of rotatable bonds is 6. The fraction of sp³-hybridized carbons (Fsp3) is 0.316. The lowest BCUT2D eigenvalue weighted by Crippen LogP contribution is -2.29. The van der Waals surface area contributed by atoms with E-state index in [1.807, 2.05) is 6.07 Å². The van der Waals surface area contributed by atoms with Gasteiger partial charge in [-0.25, -0.2) is 13.1 Å². The lowest BCUT2D eigenvalue weighted by molar-refractivity contribution is 0.0939. The van der Waals surface area contributed by atoms with E-state index in [1.165, 1.54) is 12.1 Å². The highest BCUT2D eigenvalue weighted by Crippen LogP contribution is 2.35. The van der Waals surface area contributed by atoms with E-state index in [9.17, 15) is 13.2 Å². The number of benzene rings is 2. The molecule has 154 valence electrons. The number of hydrogen-bond acceptors (Lipinski definition) is 5. The van der Waals surface area contributed by atoms with Crippen LogP contribution < -0.4 is 19.5 Å². The molecule has 0 spiro atoms. The molecule has 0 aromatic heterocycles. The second-order valence-corrected chi connectivity index (χ2v) is 9.46. The van der Waals surface area contributed by atoms with Gasteiger partial charge in [0.05, 0.1) is 21.7 Å². The van der Waals surface area contributed by atoms with Crippen LogP contribution in [0.15, 0.2) is 35.2 Å². The summed E-state index contributed by atoms with van der Waals surface area (Å²) < 4.78 is 38.3. The van der Waals surface area contributed by atoms with E-state index in [4.69, 9.17) is 32.7 Å². The van der Waals surface area contributed by atoms with Gasteiger partial charge < -0.3 is 14.8 Å². The number of amides is 1. The lowest BCUT2D eigenvalue weighted by Gasteiger charge is -2.16. The van der Waals surface area contributed by atoms with E-state index in [2.05, 4.69) is 10.0 Å². The van der Waals surface area contributed by atoms with Crippen LogP contribution in [0.1, 0.15) is 41.7 Å². The van der Waals surface area contributed by atoms with Gasteiger partial charge in [-0.15, -0.1) is 0 Å². The zero-order valence-electron chi connectivity index (χ0n) is 15.4. The maximum Gasteiger partial charge on any atom is 0.253 e. The maximum atomic E-state index is 12.8. The Morgan fingerprint density at radius 2 is 1.83 bits per heavy atom. The fourth-order valence-electron chi connectivity index (χ4n) is 2.93. The van der Waals surface area contributed by atoms with Gasteiger partial charge >= 0.3 is 0 Å². The number of fused-ring (bicyclic) bond motifs is 1. The molecule has 4 rings (SSSR count). The van der Waals surface area contributed by atoms with Crippen LogP contribution in [-0.4, -0.2) is 27.2 Å². The molecule has 1 unspecified atom stereocenters. The average molecular weight is 457 g/mol. The van der Waals surface area contributed by atoms with Crippen molar-refractivity contribution in [3.05, 3.63) is 51.5 Å². The molecule has 2 N–H and O–H groups in total. The molecule has 7 nitrogen and oxygen atoms in total. The summed E-state index contributed by atoms with van der Waals surface area (Å²) in [5.74, 6) is 0.735. The molecule has 1 aliphatic carbocycles. The van der Waals surface area contributed by atoms with Gasteiger partial charge in [-0.3, -0.25) is 4.79 Å². The number of nitrogens with one attached hydrogen (secondary N) is 2. The number of carbonyl (C=O) groups excluding carboxylic acids is 1. The fourth-order valence-corrected chi connectivity index (χ4v) is 5.10. The third-order valence-electron chi connectivity index (χ3n) is 4.70. The number of sulfonamides is 1. The first-order chi connectivity index (χ1) is 13.7. The first-order valence-corrected chi connectivity index (χ1v) is 11.2. The Kier molecular flexibility index (Phi) is 5.37. The summed E-state index contributed by atoms with van der Waals surface area (Å²) in [5.41, 5.74) is 0.829. The van der Waals surface area contributed by atoms with Crippen molar-refractivity contribution < 1.29 is 22.7 Å². The largest absolute Gasteiger partial charge is 0.454 e. The minimum absolute atomic E-state index is 0.0276. The third kappa shape index (κ3) is 4.30. The van der Waals surface area contributed by atoms with E-state index < -0.39 is 15.9 Å². The predicted molar refractivity (Wildman–Crippen MR) is 108 cm³/mol. The van der Waals surface area contributed by atoms with Crippen molar-refractivity contribution in [1.82, 2.24) is 10.0 Å². The molecular formula is C19H18Cl2N2O5S. The third-order valence-corrected chi connectivity index (χ3v) is 7.00. The van der Waals surface area contributed by atoms with Crippen LogP contribution in [0.2, 0.25) is 10.0 Å². The molecule has 1 heterocycles. The number of carbonyl (C=O) groups is 1. The van der Waals surface area contributed by atoms with Gasteiger partial charge in [-0.1, -0.05) is 29.3 Å². The highest BCUT2D eigenvalue weighted by atomic mass is 35.5. The van der Waals surface area contributed by atoms with Crippen molar-refractivity contribution in [2.45, 2.75) is 36.7 Å². The number of ether oxygens (including phenoxy) is 2. The Morgan fingerprint density at radius 3 is 2.55 bits per heavy atom. The van der Waals surface area contributed by atoms with Crippen LogP contribution >= 0.6 is 23.2 Å². The SMILES string of the molecule is CC(NC(=O)c1cc(S(=O)(=O)NC2CC2)c(Cl)cc1Cl)c1ccc2c(c1)OCO2. The summed E-state index contributed by atoms with van der Waals surface area (Å²) >= 11 is 12.3. The molecule has 10 heteroatoms. The average Bonchev–Trinajstić information content (AvgIpc) is 3.32. The summed E-state index contributed by atoms with van der Waals surface area (Å²) in [4.78, 5) is 12.6. The zero-order valence-corrected chi connectivity index (χ0v) is 17.7. The normalized spacial score (nSPS) is 16.5. The molecule has 1 amide bonds. The van der Waals surface area contributed by atoms with Gasteiger partial charge in [-0.05, 0) is 49.6 Å². The lowest BCUT2D eigenvalue weighted by atomic mass is 10.1. The highest BCUT2D eigenvalue weighted by molar-refractivity contribution is 7.89. The summed E-state index contributed by atoms with van der Waals surface area (Å²) in [6.07, 6.45) is 1.57. The van der Waals surface area contributed by atoms with Crippen molar-refractivity contribution in [1.29, 1.82) is 0 Å². The van der Waals surface area contributed by atoms with Crippen LogP contribution in [0.5, 0.6) is 11.5 Å². The van der Waals surface area contributed by atoms with Gasteiger partial charge in [0.15, 0.2) is 11.5 Å². The molecule has 0 saturated heterocycles. The van der Waals surface area contributed by atoms with Crippen molar-refractivity contribution in [2.75, 3.05) is 6.79 Å². The van der Waals surface area contributed by atoms with E-state index in [-0.39, 0.29) is 39.4 Å². The molecule has 0 radical (unpaired) electrons. The Bertz CT molecular complexity index is 1090. The second-order valence-electron chi connectivity index (χ2n) is 6.97. The van der Waals surface area contributed by atoms with E-state index in [1.54, 1.807) is 19.1 Å². The van der Waals surface area contributed by atoms with Crippen molar-refractivity contribution in [3.8, 4) is 11.5 Å².